The number of aryl methyl sites for hydroxylation is 2. The molecule has 0 spiro atoms. The van der Waals surface area contributed by atoms with E-state index in [9.17, 15) is 13.2 Å². The van der Waals surface area contributed by atoms with E-state index in [1.807, 2.05) is 4.72 Å². The second-order valence-electron chi connectivity index (χ2n) is 4.13. The molecular weight excluding hydrogens is 294 g/mol. The zero-order valence-electron chi connectivity index (χ0n) is 11.4. The van der Waals surface area contributed by atoms with E-state index in [0.29, 0.717) is 11.6 Å². The van der Waals surface area contributed by atoms with Crippen LogP contribution in [0.3, 0.4) is 0 Å². The average Bonchev–Trinajstić information content (AvgIpc) is 2.37. The first kappa shape index (κ1) is 14.9. The maximum absolute atomic E-state index is 11.9. The van der Waals surface area contributed by atoms with E-state index in [0.717, 1.165) is 0 Å². The highest BCUT2D eigenvalue weighted by Gasteiger charge is 2.17. The molecule has 1 heterocycles. The highest BCUT2D eigenvalue weighted by molar-refractivity contribution is 7.90. The third kappa shape index (κ3) is 3.96. The number of amides is 2. The van der Waals surface area contributed by atoms with Crippen molar-refractivity contribution in [2.75, 3.05) is 5.32 Å². The zero-order chi connectivity index (χ0) is 15.5. The first-order valence-corrected chi connectivity index (χ1v) is 7.43. The Kier molecular flexibility index (Phi) is 4.13. The maximum Gasteiger partial charge on any atom is 0.335 e. The molecule has 21 heavy (non-hydrogen) atoms. The van der Waals surface area contributed by atoms with Crippen LogP contribution in [0.2, 0.25) is 0 Å². The van der Waals surface area contributed by atoms with Gasteiger partial charge in [-0.25, -0.2) is 22.9 Å². The predicted molar refractivity (Wildman–Crippen MR) is 75.1 cm³/mol. The van der Waals surface area contributed by atoms with Crippen molar-refractivity contribution in [2.45, 2.75) is 18.7 Å². The molecule has 2 amide bonds. The molecule has 0 aliphatic rings. The van der Waals surface area contributed by atoms with Crippen LogP contribution in [0.25, 0.3) is 0 Å². The first-order valence-electron chi connectivity index (χ1n) is 5.95. The Hall–Kier alpha value is -2.55. The van der Waals surface area contributed by atoms with E-state index in [1.165, 1.54) is 12.1 Å². The molecule has 0 saturated carbocycles. The number of nitrogens with zero attached hydrogens (tertiary/aromatic N) is 3. The summed E-state index contributed by atoms with van der Waals surface area (Å²) in [7, 11) is -3.93. The highest BCUT2D eigenvalue weighted by Crippen LogP contribution is 2.07. The van der Waals surface area contributed by atoms with Gasteiger partial charge < -0.3 is 0 Å². The fourth-order valence-electron chi connectivity index (χ4n) is 1.58. The Bertz CT molecular complexity index is 741. The third-order valence-electron chi connectivity index (χ3n) is 2.36. The van der Waals surface area contributed by atoms with Gasteiger partial charge in [-0.15, -0.1) is 0 Å². The van der Waals surface area contributed by atoms with Crippen molar-refractivity contribution in [3.8, 4) is 0 Å². The Labute approximate surface area is 121 Å². The van der Waals surface area contributed by atoms with E-state index in [-0.39, 0.29) is 10.8 Å². The van der Waals surface area contributed by atoms with Gasteiger partial charge in [0.15, 0.2) is 0 Å². The fraction of sp³-hybridized carbons (Fsp3) is 0.167. The largest absolute Gasteiger partial charge is 0.335 e. The number of hydrogen-bond donors (Lipinski definition) is 2. The topological polar surface area (TPSA) is 114 Å². The minimum absolute atomic E-state index is 0.0110. The number of aromatic nitrogens is 3. The van der Waals surface area contributed by atoms with Crippen LogP contribution in [0.1, 0.15) is 11.6 Å². The van der Waals surface area contributed by atoms with Crippen molar-refractivity contribution in [1.29, 1.82) is 0 Å². The van der Waals surface area contributed by atoms with Gasteiger partial charge in [-0.05, 0) is 26.0 Å². The quantitative estimate of drug-likeness (QED) is 0.874. The Morgan fingerprint density at radius 3 is 2.14 bits per heavy atom. The molecule has 2 aromatic rings. The van der Waals surface area contributed by atoms with Gasteiger partial charge in [0.05, 0.1) is 4.90 Å². The second kappa shape index (κ2) is 5.83. The summed E-state index contributed by atoms with van der Waals surface area (Å²) in [5.74, 6) is 0.827. The SMILES string of the molecule is Cc1nc(C)nc(NC(=O)NS(=O)(=O)c2ccccc2)n1. The van der Waals surface area contributed by atoms with Crippen LogP contribution in [0.15, 0.2) is 35.2 Å². The number of anilines is 1. The lowest BCUT2D eigenvalue weighted by Gasteiger charge is -2.08. The summed E-state index contributed by atoms with van der Waals surface area (Å²) in [6.07, 6.45) is 0. The number of carbonyl (C=O) groups excluding carboxylic acids is 1. The molecule has 0 aliphatic carbocycles. The van der Waals surface area contributed by atoms with Crippen LogP contribution in [-0.2, 0) is 10.0 Å². The molecule has 9 heteroatoms. The summed E-state index contributed by atoms with van der Waals surface area (Å²) in [6.45, 7) is 3.27. The van der Waals surface area contributed by atoms with Crippen molar-refractivity contribution in [3.63, 3.8) is 0 Å². The van der Waals surface area contributed by atoms with E-state index in [4.69, 9.17) is 0 Å². The van der Waals surface area contributed by atoms with Gasteiger partial charge in [-0.2, -0.15) is 9.97 Å². The molecule has 1 aromatic carbocycles. The van der Waals surface area contributed by atoms with E-state index < -0.39 is 16.1 Å². The van der Waals surface area contributed by atoms with Crippen molar-refractivity contribution in [1.82, 2.24) is 19.7 Å². The lowest BCUT2D eigenvalue weighted by atomic mass is 10.4. The van der Waals surface area contributed by atoms with Crippen molar-refractivity contribution in [2.24, 2.45) is 0 Å². The van der Waals surface area contributed by atoms with Crippen LogP contribution in [0.4, 0.5) is 10.7 Å². The minimum Gasteiger partial charge on any atom is -0.275 e. The smallest absolute Gasteiger partial charge is 0.275 e. The number of urea groups is 1. The molecule has 0 fully saturated rings. The average molecular weight is 307 g/mol. The van der Waals surface area contributed by atoms with E-state index >= 15 is 0 Å². The Morgan fingerprint density at radius 1 is 1.00 bits per heavy atom. The zero-order valence-corrected chi connectivity index (χ0v) is 12.2. The Balaban J connectivity index is 2.11. The lowest BCUT2D eigenvalue weighted by molar-refractivity contribution is 0.256. The third-order valence-corrected chi connectivity index (χ3v) is 3.71. The van der Waals surface area contributed by atoms with Gasteiger partial charge >= 0.3 is 6.03 Å². The monoisotopic (exact) mass is 307 g/mol. The lowest BCUT2D eigenvalue weighted by Crippen LogP contribution is -2.35. The van der Waals surface area contributed by atoms with Crippen LogP contribution in [0, 0.1) is 13.8 Å². The molecule has 0 radical (unpaired) electrons. The number of rotatable bonds is 3. The summed E-state index contributed by atoms with van der Waals surface area (Å²) < 4.78 is 25.8. The molecule has 0 aliphatic heterocycles. The predicted octanol–water partition coefficient (Wildman–Crippen LogP) is 0.999. The molecular formula is C12H13N5O3S. The van der Waals surface area contributed by atoms with Crippen LogP contribution < -0.4 is 10.0 Å². The highest BCUT2D eigenvalue weighted by atomic mass is 32.2. The second-order valence-corrected chi connectivity index (χ2v) is 5.81. The Morgan fingerprint density at radius 2 is 1.57 bits per heavy atom. The van der Waals surface area contributed by atoms with Crippen LogP contribution >= 0.6 is 0 Å². The van der Waals surface area contributed by atoms with E-state index in [2.05, 4.69) is 20.3 Å². The minimum atomic E-state index is -3.93. The van der Waals surface area contributed by atoms with Gasteiger partial charge in [0.1, 0.15) is 11.6 Å². The van der Waals surface area contributed by atoms with Crippen LogP contribution in [0.5, 0.6) is 0 Å². The number of hydrogen-bond acceptors (Lipinski definition) is 6. The van der Waals surface area contributed by atoms with Gasteiger partial charge in [0, 0.05) is 0 Å². The maximum atomic E-state index is 11.9. The van der Waals surface area contributed by atoms with Crippen molar-refractivity contribution < 1.29 is 13.2 Å². The molecule has 0 saturated heterocycles. The fourth-order valence-corrected chi connectivity index (χ4v) is 2.51. The van der Waals surface area contributed by atoms with Gasteiger partial charge in [0.25, 0.3) is 10.0 Å². The molecule has 1 aromatic heterocycles. The molecule has 110 valence electrons. The molecule has 2 N–H and O–H groups in total. The molecule has 0 unspecified atom stereocenters. The van der Waals surface area contributed by atoms with Crippen molar-refractivity contribution in [3.05, 3.63) is 42.0 Å². The molecule has 8 nitrogen and oxygen atoms in total. The molecule has 0 atom stereocenters. The first-order chi connectivity index (χ1) is 9.87. The van der Waals surface area contributed by atoms with Gasteiger partial charge in [-0.1, -0.05) is 18.2 Å². The molecule has 2 rings (SSSR count). The summed E-state index contributed by atoms with van der Waals surface area (Å²) >= 11 is 0. The standard InChI is InChI=1S/C12H13N5O3S/c1-8-13-9(2)15-11(14-8)16-12(18)17-21(19,20)10-6-4-3-5-7-10/h3-7H,1-2H3,(H2,13,14,15,16,17,18). The normalized spacial score (nSPS) is 11.0. The van der Waals surface area contributed by atoms with Gasteiger partial charge in [-0.3, -0.25) is 5.32 Å². The van der Waals surface area contributed by atoms with Crippen LogP contribution in [-0.4, -0.2) is 29.4 Å². The summed E-state index contributed by atoms with van der Waals surface area (Å²) in [5.41, 5.74) is 0. The number of nitrogens with one attached hydrogen (secondary N) is 2. The molecule has 0 bridgehead atoms. The van der Waals surface area contributed by atoms with Crippen molar-refractivity contribution >= 4 is 22.0 Å². The summed E-state index contributed by atoms with van der Waals surface area (Å²) in [4.78, 5) is 23.4. The summed E-state index contributed by atoms with van der Waals surface area (Å²) in [5, 5.41) is 2.26. The summed E-state index contributed by atoms with van der Waals surface area (Å²) in [6, 6.07) is 6.62. The van der Waals surface area contributed by atoms with E-state index in [1.54, 1.807) is 32.0 Å². The van der Waals surface area contributed by atoms with Gasteiger partial charge in [0.2, 0.25) is 5.95 Å². The number of carbonyl (C=O) groups is 1. The number of benzene rings is 1. The number of sulfonamides is 1.